The fourth-order valence-electron chi connectivity index (χ4n) is 1.66. The molecule has 0 saturated heterocycles. The highest BCUT2D eigenvalue weighted by Gasteiger charge is 2.16. The summed E-state index contributed by atoms with van der Waals surface area (Å²) in [5.74, 6) is -1.10. The molecular formula is C12H20N4O3. The van der Waals surface area contributed by atoms with Gasteiger partial charge in [0.15, 0.2) is 0 Å². The molecule has 7 heteroatoms. The lowest BCUT2D eigenvalue weighted by Crippen LogP contribution is -2.33. The van der Waals surface area contributed by atoms with E-state index in [9.17, 15) is 9.59 Å². The Bertz CT molecular complexity index is 456. The maximum absolute atomic E-state index is 11.9. The third-order valence-corrected chi connectivity index (χ3v) is 2.67. The molecule has 0 aliphatic carbocycles. The predicted octanol–water partition coefficient (Wildman–Crippen LogP) is 1.09. The van der Waals surface area contributed by atoms with Crippen LogP contribution in [0.2, 0.25) is 0 Å². The minimum Gasteiger partial charge on any atom is -0.477 e. The number of carbonyl (C=O) groups is 2. The number of hydrogen-bond acceptors (Lipinski definition) is 3. The van der Waals surface area contributed by atoms with Crippen LogP contribution in [0.25, 0.3) is 0 Å². The Morgan fingerprint density at radius 3 is 2.74 bits per heavy atom. The molecule has 0 atom stereocenters. The summed E-state index contributed by atoms with van der Waals surface area (Å²) in [6.45, 7) is 3.15. The molecule has 0 aliphatic rings. The number of carboxylic acid groups (broad SMARTS) is 1. The Balaban J connectivity index is 2.63. The average molecular weight is 268 g/mol. The number of amides is 2. The fraction of sp³-hybridized carbons (Fsp3) is 0.500. The molecule has 0 spiro atoms. The smallest absolute Gasteiger partial charge is 0.354 e. The number of urea groups is 1. The number of anilines is 1. The lowest BCUT2D eigenvalue weighted by Gasteiger charge is -2.17. The summed E-state index contributed by atoms with van der Waals surface area (Å²) in [7, 11) is 3.52. The molecule has 0 bridgehead atoms. The van der Waals surface area contributed by atoms with Gasteiger partial charge in [-0.3, -0.25) is 0 Å². The number of H-pyrrole nitrogens is 1. The average Bonchev–Trinajstić information content (AvgIpc) is 2.70. The largest absolute Gasteiger partial charge is 0.477 e. The van der Waals surface area contributed by atoms with Crippen molar-refractivity contribution in [3.8, 4) is 0 Å². The van der Waals surface area contributed by atoms with Gasteiger partial charge in [0.1, 0.15) is 5.69 Å². The van der Waals surface area contributed by atoms with Crippen LogP contribution in [0.4, 0.5) is 10.5 Å². The van der Waals surface area contributed by atoms with Crippen LogP contribution in [0.15, 0.2) is 6.07 Å². The summed E-state index contributed by atoms with van der Waals surface area (Å²) in [6.07, 6.45) is 0.832. The van der Waals surface area contributed by atoms with Gasteiger partial charge in [-0.2, -0.15) is 0 Å². The van der Waals surface area contributed by atoms with Gasteiger partial charge in [0.25, 0.3) is 0 Å². The molecule has 1 aromatic rings. The van der Waals surface area contributed by atoms with Crippen molar-refractivity contribution in [2.24, 2.45) is 0 Å². The highest BCUT2D eigenvalue weighted by Crippen LogP contribution is 2.17. The molecule has 0 aromatic carbocycles. The molecule has 0 unspecified atom stereocenters. The minimum absolute atomic E-state index is 0.00512. The van der Waals surface area contributed by atoms with Gasteiger partial charge in [0, 0.05) is 19.3 Å². The van der Waals surface area contributed by atoms with Crippen molar-refractivity contribution in [1.82, 2.24) is 15.2 Å². The van der Waals surface area contributed by atoms with Gasteiger partial charge in [-0.15, -0.1) is 0 Å². The van der Waals surface area contributed by atoms with Gasteiger partial charge >= 0.3 is 12.0 Å². The molecule has 1 heterocycles. The molecule has 106 valence electrons. The molecule has 0 fully saturated rings. The first-order valence-corrected chi connectivity index (χ1v) is 6.05. The Hall–Kier alpha value is -2.02. The maximum Gasteiger partial charge on any atom is 0.354 e. The lowest BCUT2D eigenvalue weighted by atomic mass is 10.3. The maximum atomic E-state index is 11.9. The van der Waals surface area contributed by atoms with Gasteiger partial charge in [-0.05, 0) is 33.0 Å². The van der Waals surface area contributed by atoms with E-state index in [1.807, 2.05) is 7.05 Å². The van der Waals surface area contributed by atoms with Gasteiger partial charge < -0.3 is 25.6 Å². The minimum atomic E-state index is -1.10. The van der Waals surface area contributed by atoms with E-state index >= 15 is 0 Å². The molecule has 0 aliphatic heterocycles. The van der Waals surface area contributed by atoms with Gasteiger partial charge in [0.2, 0.25) is 0 Å². The van der Waals surface area contributed by atoms with E-state index in [1.54, 1.807) is 20.0 Å². The molecule has 0 radical (unpaired) electrons. The zero-order valence-electron chi connectivity index (χ0n) is 11.4. The van der Waals surface area contributed by atoms with E-state index in [1.165, 1.54) is 4.90 Å². The number of hydrogen-bond donors (Lipinski definition) is 4. The number of rotatable bonds is 6. The van der Waals surface area contributed by atoms with Crippen LogP contribution in [0, 0.1) is 6.92 Å². The number of nitrogens with zero attached hydrogens (tertiary/aromatic N) is 1. The van der Waals surface area contributed by atoms with E-state index in [0.29, 0.717) is 12.2 Å². The molecule has 19 heavy (non-hydrogen) atoms. The Morgan fingerprint density at radius 2 is 2.16 bits per heavy atom. The highest BCUT2D eigenvalue weighted by atomic mass is 16.4. The van der Waals surface area contributed by atoms with Crippen LogP contribution >= 0.6 is 0 Å². The second kappa shape index (κ2) is 6.79. The van der Waals surface area contributed by atoms with Crippen molar-refractivity contribution in [2.75, 3.05) is 32.5 Å². The first-order chi connectivity index (χ1) is 8.95. The molecule has 4 N–H and O–H groups in total. The number of nitrogens with one attached hydrogen (secondary N) is 3. The summed E-state index contributed by atoms with van der Waals surface area (Å²) in [5.41, 5.74) is 0.968. The second-order valence-electron chi connectivity index (χ2n) is 4.35. The Labute approximate surface area is 112 Å². The van der Waals surface area contributed by atoms with Crippen LogP contribution in [0.5, 0.6) is 0 Å². The number of aromatic carboxylic acids is 1. The topological polar surface area (TPSA) is 97.5 Å². The van der Waals surface area contributed by atoms with Crippen LogP contribution < -0.4 is 10.6 Å². The standard InChI is InChI=1S/C12H20N4O3/c1-8-7-9(10(14-8)11(17)18)15-12(19)16(3)6-4-5-13-2/h7,13-14H,4-6H2,1-3H3,(H,15,19)(H,17,18). The number of carboxylic acids is 1. The molecule has 1 aromatic heterocycles. The first kappa shape index (κ1) is 15.0. The van der Waals surface area contributed by atoms with Crippen molar-refractivity contribution in [2.45, 2.75) is 13.3 Å². The molecular weight excluding hydrogens is 248 g/mol. The van der Waals surface area contributed by atoms with E-state index in [-0.39, 0.29) is 17.4 Å². The van der Waals surface area contributed by atoms with Gasteiger partial charge in [-0.25, -0.2) is 9.59 Å². The zero-order chi connectivity index (χ0) is 14.4. The number of carbonyl (C=O) groups excluding carboxylic acids is 1. The van der Waals surface area contributed by atoms with Crippen molar-refractivity contribution in [1.29, 1.82) is 0 Å². The summed E-state index contributed by atoms with van der Waals surface area (Å²) >= 11 is 0. The number of aromatic nitrogens is 1. The SMILES string of the molecule is CNCCCN(C)C(=O)Nc1cc(C)[nH]c1C(=O)O. The number of aryl methyl sites for hydroxylation is 1. The van der Waals surface area contributed by atoms with E-state index < -0.39 is 5.97 Å². The normalized spacial score (nSPS) is 10.3. The van der Waals surface area contributed by atoms with Crippen LogP contribution in [-0.4, -0.2) is 54.2 Å². The summed E-state index contributed by atoms with van der Waals surface area (Å²) < 4.78 is 0. The summed E-state index contributed by atoms with van der Waals surface area (Å²) in [4.78, 5) is 27.1. The molecule has 2 amide bonds. The van der Waals surface area contributed by atoms with Crippen molar-refractivity contribution >= 4 is 17.7 Å². The summed E-state index contributed by atoms with van der Waals surface area (Å²) in [6, 6.07) is 1.28. The fourth-order valence-corrected chi connectivity index (χ4v) is 1.66. The summed E-state index contributed by atoms with van der Waals surface area (Å²) in [5, 5.41) is 14.6. The van der Waals surface area contributed by atoms with Crippen LogP contribution in [-0.2, 0) is 0 Å². The number of aromatic amines is 1. The van der Waals surface area contributed by atoms with Crippen molar-refractivity contribution < 1.29 is 14.7 Å². The highest BCUT2D eigenvalue weighted by molar-refractivity contribution is 5.99. The predicted molar refractivity (Wildman–Crippen MR) is 72.7 cm³/mol. The monoisotopic (exact) mass is 268 g/mol. The van der Waals surface area contributed by atoms with Gasteiger partial charge in [-0.1, -0.05) is 0 Å². The van der Waals surface area contributed by atoms with Crippen molar-refractivity contribution in [3.63, 3.8) is 0 Å². The quantitative estimate of drug-likeness (QED) is 0.581. The first-order valence-electron chi connectivity index (χ1n) is 6.05. The zero-order valence-corrected chi connectivity index (χ0v) is 11.4. The third kappa shape index (κ3) is 4.29. The van der Waals surface area contributed by atoms with Crippen LogP contribution in [0.3, 0.4) is 0 Å². The Kier molecular flexibility index (Phi) is 5.37. The third-order valence-electron chi connectivity index (χ3n) is 2.67. The molecule has 0 saturated carbocycles. The van der Waals surface area contributed by atoms with Crippen LogP contribution in [0.1, 0.15) is 22.6 Å². The molecule has 1 rings (SSSR count). The Morgan fingerprint density at radius 1 is 1.47 bits per heavy atom. The van der Waals surface area contributed by atoms with E-state index in [0.717, 1.165) is 13.0 Å². The van der Waals surface area contributed by atoms with E-state index in [4.69, 9.17) is 5.11 Å². The van der Waals surface area contributed by atoms with Crippen molar-refractivity contribution in [3.05, 3.63) is 17.5 Å². The second-order valence-corrected chi connectivity index (χ2v) is 4.35. The molecule has 7 nitrogen and oxygen atoms in total. The van der Waals surface area contributed by atoms with Gasteiger partial charge in [0.05, 0.1) is 5.69 Å². The van der Waals surface area contributed by atoms with E-state index in [2.05, 4.69) is 15.6 Å². The lowest BCUT2D eigenvalue weighted by molar-refractivity contribution is 0.0692.